The smallest absolute Gasteiger partial charge is 0.238 e. The average molecular weight is 302 g/mol. The van der Waals surface area contributed by atoms with Crippen molar-refractivity contribution in [2.45, 2.75) is 30.7 Å². The minimum absolute atomic E-state index is 0.183. The van der Waals surface area contributed by atoms with Crippen molar-refractivity contribution in [2.75, 3.05) is 5.32 Å². The number of hydrogen-bond acceptors (Lipinski definition) is 3. The van der Waals surface area contributed by atoms with Crippen molar-refractivity contribution in [1.82, 2.24) is 0 Å². The molecule has 0 bridgehead atoms. The van der Waals surface area contributed by atoms with Gasteiger partial charge in [0.15, 0.2) is 0 Å². The van der Waals surface area contributed by atoms with Crippen LogP contribution in [-0.4, -0.2) is 14.5 Å². The Kier molecular flexibility index (Phi) is 3.47. The Labute approximate surface area is 125 Å². The third-order valence-corrected chi connectivity index (χ3v) is 5.06. The Morgan fingerprint density at radius 1 is 1.05 bits per heavy atom. The molecule has 0 aliphatic heterocycles. The van der Waals surface area contributed by atoms with E-state index in [4.69, 9.17) is 5.14 Å². The average Bonchev–Trinajstić information content (AvgIpc) is 2.82. The Bertz CT molecular complexity index is 760. The molecular formula is C16H18N2O2S. The molecule has 0 unspecified atom stereocenters. The summed E-state index contributed by atoms with van der Waals surface area (Å²) in [6.45, 7) is 1.78. The predicted molar refractivity (Wildman–Crippen MR) is 83.8 cm³/mol. The number of fused-ring (bicyclic) bond motifs is 1. The van der Waals surface area contributed by atoms with Crippen molar-refractivity contribution in [1.29, 1.82) is 0 Å². The van der Waals surface area contributed by atoms with Crippen molar-refractivity contribution in [3.8, 4) is 0 Å². The second-order valence-corrected chi connectivity index (χ2v) is 7.02. The van der Waals surface area contributed by atoms with Crippen LogP contribution in [0, 0.1) is 6.92 Å². The standard InChI is InChI=1S/C16H18N2O2S/c1-11-15(7-4-8-16(11)21(17,19)20)18-14-9-12-5-2-3-6-13(12)10-14/h2-8,14,18H,9-10H2,1H3,(H2,17,19,20). The minimum Gasteiger partial charge on any atom is -0.381 e. The summed E-state index contributed by atoms with van der Waals surface area (Å²) in [4.78, 5) is 0.183. The third-order valence-electron chi connectivity index (χ3n) is 4.00. The topological polar surface area (TPSA) is 72.2 Å². The highest BCUT2D eigenvalue weighted by Crippen LogP contribution is 2.27. The maximum Gasteiger partial charge on any atom is 0.238 e. The van der Waals surface area contributed by atoms with E-state index in [1.165, 1.54) is 11.1 Å². The molecule has 3 rings (SSSR count). The number of hydrogen-bond donors (Lipinski definition) is 2. The zero-order valence-electron chi connectivity index (χ0n) is 11.8. The molecule has 1 aliphatic rings. The van der Waals surface area contributed by atoms with E-state index in [-0.39, 0.29) is 10.9 Å². The minimum atomic E-state index is -3.68. The van der Waals surface area contributed by atoms with E-state index in [0.29, 0.717) is 5.56 Å². The van der Waals surface area contributed by atoms with E-state index >= 15 is 0 Å². The molecule has 4 nitrogen and oxygen atoms in total. The van der Waals surface area contributed by atoms with Gasteiger partial charge in [0, 0.05) is 11.7 Å². The lowest BCUT2D eigenvalue weighted by molar-refractivity contribution is 0.597. The summed E-state index contributed by atoms with van der Waals surface area (Å²) in [5.74, 6) is 0. The van der Waals surface area contributed by atoms with Crippen molar-refractivity contribution >= 4 is 15.7 Å². The molecule has 0 amide bonds. The normalized spacial score (nSPS) is 15.0. The van der Waals surface area contributed by atoms with Gasteiger partial charge in [0.1, 0.15) is 0 Å². The van der Waals surface area contributed by atoms with Crippen LogP contribution in [0.4, 0.5) is 5.69 Å². The van der Waals surface area contributed by atoms with Crippen LogP contribution >= 0.6 is 0 Å². The number of rotatable bonds is 3. The fraction of sp³-hybridized carbons (Fsp3) is 0.250. The van der Waals surface area contributed by atoms with Gasteiger partial charge in [0.2, 0.25) is 10.0 Å². The van der Waals surface area contributed by atoms with Crippen LogP contribution in [0.1, 0.15) is 16.7 Å². The maximum atomic E-state index is 11.6. The first-order chi connectivity index (χ1) is 9.95. The molecule has 0 saturated carbocycles. The Hall–Kier alpha value is -1.85. The van der Waals surface area contributed by atoms with Crippen LogP contribution in [-0.2, 0) is 22.9 Å². The molecule has 0 saturated heterocycles. The van der Waals surface area contributed by atoms with Crippen LogP contribution in [0.2, 0.25) is 0 Å². The largest absolute Gasteiger partial charge is 0.381 e. The first-order valence-electron chi connectivity index (χ1n) is 6.91. The van der Waals surface area contributed by atoms with Gasteiger partial charge in [-0.3, -0.25) is 0 Å². The van der Waals surface area contributed by atoms with E-state index in [0.717, 1.165) is 18.5 Å². The van der Waals surface area contributed by atoms with Gasteiger partial charge in [0.25, 0.3) is 0 Å². The number of nitrogens with one attached hydrogen (secondary N) is 1. The molecule has 0 aromatic heterocycles. The van der Waals surface area contributed by atoms with E-state index in [2.05, 4.69) is 17.4 Å². The van der Waals surface area contributed by atoms with E-state index in [9.17, 15) is 8.42 Å². The summed E-state index contributed by atoms with van der Waals surface area (Å²) in [6, 6.07) is 13.8. The molecule has 21 heavy (non-hydrogen) atoms. The van der Waals surface area contributed by atoms with Crippen LogP contribution in [0.3, 0.4) is 0 Å². The highest BCUT2D eigenvalue weighted by molar-refractivity contribution is 7.89. The second kappa shape index (κ2) is 5.16. The van der Waals surface area contributed by atoms with Crippen molar-refractivity contribution < 1.29 is 8.42 Å². The molecule has 0 radical (unpaired) electrons. The van der Waals surface area contributed by atoms with Crippen molar-refractivity contribution in [2.24, 2.45) is 5.14 Å². The molecule has 0 fully saturated rings. The number of nitrogens with two attached hydrogens (primary N) is 1. The second-order valence-electron chi connectivity index (χ2n) is 5.49. The Morgan fingerprint density at radius 2 is 1.67 bits per heavy atom. The first kappa shape index (κ1) is 14.1. The lowest BCUT2D eigenvalue weighted by Gasteiger charge is -2.17. The summed E-state index contributed by atoms with van der Waals surface area (Å²) in [7, 11) is -3.68. The quantitative estimate of drug-likeness (QED) is 0.913. The summed E-state index contributed by atoms with van der Waals surface area (Å²) < 4.78 is 23.1. The zero-order valence-corrected chi connectivity index (χ0v) is 12.7. The fourth-order valence-electron chi connectivity index (χ4n) is 2.96. The highest BCUT2D eigenvalue weighted by Gasteiger charge is 2.22. The molecule has 3 N–H and O–H groups in total. The van der Waals surface area contributed by atoms with E-state index in [1.54, 1.807) is 19.1 Å². The van der Waals surface area contributed by atoms with Crippen LogP contribution in [0.25, 0.3) is 0 Å². The molecule has 2 aromatic rings. The van der Waals surface area contributed by atoms with Gasteiger partial charge in [-0.2, -0.15) is 0 Å². The molecule has 0 atom stereocenters. The first-order valence-corrected chi connectivity index (χ1v) is 8.45. The third kappa shape index (κ3) is 2.80. The van der Waals surface area contributed by atoms with Gasteiger partial charge in [-0.15, -0.1) is 0 Å². The molecule has 110 valence electrons. The van der Waals surface area contributed by atoms with Gasteiger partial charge >= 0.3 is 0 Å². The highest BCUT2D eigenvalue weighted by atomic mass is 32.2. The number of benzene rings is 2. The Balaban J connectivity index is 1.85. The van der Waals surface area contributed by atoms with Crippen molar-refractivity contribution in [3.63, 3.8) is 0 Å². The summed E-state index contributed by atoms with van der Waals surface area (Å²) in [6.07, 6.45) is 1.91. The van der Waals surface area contributed by atoms with Gasteiger partial charge in [-0.25, -0.2) is 13.6 Å². The Morgan fingerprint density at radius 3 is 2.24 bits per heavy atom. The van der Waals surface area contributed by atoms with Gasteiger partial charge in [-0.1, -0.05) is 30.3 Å². The van der Waals surface area contributed by atoms with Gasteiger partial charge in [0.05, 0.1) is 4.90 Å². The van der Waals surface area contributed by atoms with Gasteiger partial charge in [-0.05, 0) is 48.6 Å². The number of anilines is 1. The predicted octanol–water partition coefficient (Wildman–Crippen LogP) is 2.22. The zero-order chi connectivity index (χ0) is 15.0. The monoisotopic (exact) mass is 302 g/mol. The SMILES string of the molecule is Cc1c(NC2Cc3ccccc3C2)cccc1S(N)(=O)=O. The van der Waals surface area contributed by atoms with Crippen LogP contribution in [0.5, 0.6) is 0 Å². The van der Waals surface area contributed by atoms with Crippen LogP contribution < -0.4 is 10.5 Å². The molecule has 1 aliphatic carbocycles. The number of primary sulfonamides is 1. The fourth-order valence-corrected chi connectivity index (χ4v) is 3.76. The molecule has 0 spiro atoms. The maximum absolute atomic E-state index is 11.6. The summed E-state index contributed by atoms with van der Waals surface area (Å²) in [5.41, 5.74) is 4.22. The van der Waals surface area contributed by atoms with E-state index < -0.39 is 10.0 Å². The lowest BCUT2D eigenvalue weighted by Crippen LogP contribution is -2.21. The molecular weight excluding hydrogens is 284 g/mol. The molecule has 0 heterocycles. The molecule has 5 heteroatoms. The van der Waals surface area contributed by atoms with E-state index in [1.807, 2.05) is 18.2 Å². The number of sulfonamides is 1. The summed E-state index contributed by atoms with van der Waals surface area (Å²) >= 11 is 0. The molecule has 2 aromatic carbocycles. The van der Waals surface area contributed by atoms with Crippen molar-refractivity contribution in [3.05, 3.63) is 59.2 Å². The lowest BCUT2D eigenvalue weighted by atomic mass is 10.1. The van der Waals surface area contributed by atoms with Gasteiger partial charge < -0.3 is 5.32 Å². The van der Waals surface area contributed by atoms with Crippen LogP contribution in [0.15, 0.2) is 47.4 Å². The summed E-state index contributed by atoms with van der Waals surface area (Å²) in [5, 5.41) is 8.70.